The summed E-state index contributed by atoms with van der Waals surface area (Å²) in [5, 5.41) is 3.12. The molecule has 1 fully saturated rings. The zero-order valence-electron chi connectivity index (χ0n) is 23.0. The van der Waals surface area contributed by atoms with Crippen LogP contribution in [0.5, 0.6) is 0 Å². The average Bonchev–Trinajstić information content (AvgIpc) is 3.42. The second kappa shape index (κ2) is 11.3. The summed E-state index contributed by atoms with van der Waals surface area (Å²) >= 11 is 0. The largest absolute Gasteiger partial charge is 0.534 e. The first-order valence-corrected chi connectivity index (χ1v) is 13.3. The Labute approximate surface area is 237 Å². The highest BCUT2D eigenvalue weighted by molar-refractivity contribution is 6.01. The van der Waals surface area contributed by atoms with Gasteiger partial charge in [0.2, 0.25) is 0 Å². The van der Waals surface area contributed by atoms with Gasteiger partial charge in [0.05, 0.1) is 0 Å². The standard InChI is InChI=1S/C32H30N2O7/c1-32(2,3)40-30(37)33-21-10-8-9-20(19-21)27(39-31(38)41-34-28(35)17-18-29(34)36)16-15-26-24-13-6-4-11-22(24)23-12-5-7-14-25(23)26/h4-16,19,26-27H,17-18H2,1-3H3,(H,33,37)/b16-15+. The van der Waals surface area contributed by atoms with Crippen molar-refractivity contribution in [2.45, 2.75) is 51.2 Å². The Hall–Kier alpha value is -4.92. The number of fused-ring (bicyclic) bond motifs is 3. The molecule has 9 nitrogen and oxygen atoms in total. The molecule has 0 spiro atoms. The van der Waals surface area contributed by atoms with E-state index in [0.717, 1.165) is 22.3 Å². The van der Waals surface area contributed by atoms with E-state index in [-0.39, 0.29) is 18.8 Å². The van der Waals surface area contributed by atoms with Crippen molar-refractivity contribution < 1.29 is 33.5 Å². The lowest BCUT2D eigenvalue weighted by atomic mass is 9.95. The molecule has 0 radical (unpaired) electrons. The Morgan fingerprint density at radius 1 is 0.902 bits per heavy atom. The monoisotopic (exact) mass is 554 g/mol. The number of rotatable bonds is 6. The zero-order chi connectivity index (χ0) is 29.1. The molecule has 210 valence electrons. The molecule has 3 amide bonds. The van der Waals surface area contributed by atoms with Gasteiger partial charge in [-0.3, -0.25) is 19.7 Å². The third kappa shape index (κ3) is 6.30. The maximum Gasteiger partial charge on any atom is 0.534 e. The van der Waals surface area contributed by atoms with Gasteiger partial charge in [-0.2, -0.15) is 0 Å². The molecule has 3 aromatic rings. The minimum Gasteiger partial charge on any atom is -0.444 e. The maximum atomic E-state index is 12.8. The Morgan fingerprint density at radius 2 is 1.51 bits per heavy atom. The highest BCUT2D eigenvalue weighted by atomic mass is 16.8. The molecule has 2 aliphatic rings. The van der Waals surface area contributed by atoms with Crippen LogP contribution >= 0.6 is 0 Å². The van der Waals surface area contributed by atoms with Gasteiger partial charge in [0, 0.05) is 24.4 Å². The quantitative estimate of drug-likeness (QED) is 0.206. The SMILES string of the molecule is CC(C)(C)OC(=O)Nc1cccc(C(/C=C/C2c3ccccc3-c3ccccc32)OC(=O)ON2C(=O)CCC2=O)c1. The van der Waals surface area contributed by atoms with Crippen molar-refractivity contribution in [3.05, 3.63) is 102 Å². The Kier molecular flexibility index (Phi) is 7.61. The first-order valence-electron chi connectivity index (χ1n) is 13.3. The van der Waals surface area contributed by atoms with Gasteiger partial charge in [-0.1, -0.05) is 71.8 Å². The molecule has 1 saturated heterocycles. The topological polar surface area (TPSA) is 111 Å². The van der Waals surface area contributed by atoms with E-state index < -0.39 is 35.8 Å². The molecule has 9 heteroatoms. The number of ether oxygens (including phenoxy) is 2. The van der Waals surface area contributed by atoms with Gasteiger partial charge in [-0.15, -0.1) is 0 Å². The molecule has 1 N–H and O–H groups in total. The summed E-state index contributed by atoms with van der Waals surface area (Å²) in [6.07, 6.45) is 0.792. The molecule has 1 unspecified atom stereocenters. The van der Waals surface area contributed by atoms with Crippen LogP contribution in [0, 0.1) is 0 Å². The van der Waals surface area contributed by atoms with Gasteiger partial charge >= 0.3 is 12.2 Å². The first-order chi connectivity index (χ1) is 19.6. The van der Waals surface area contributed by atoms with Crippen molar-refractivity contribution in [2.75, 3.05) is 5.32 Å². The Morgan fingerprint density at radius 3 is 2.12 bits per heavy atom. The maximum absolute atomic E-state index is 12.8. The van der Waals surface area contributed by atoms with Crippen LogP contribution in [0.15, 0.2) is 84.9 Å². The molecular formula is C32H30N2O7. The van der Waals surface area contributed by atoms with E-state index in [0.29, 0.717) is 16.3 Å². The first kappa shape index (κ1) is 27.6. The average molecular weight is 555 g/mol. The van der Waals surface area contributed by atoms with Crippen molar-refractivity contribution in [3.63, 3.8) is 0 Å². The number of imide groups is 1. The lowest BCUT2D eigenvalue weighted by molar-refractivity contribution is -0.178. The van der Waals surface area contributed by atoms with E-state index in [1.165, 1.54) is 0 Å². The van der Waals surface area contributed by atoms with Crippen molar-refractivity contribution in [3.8, 4) is 11.1 Å². The van der Waals surface area contributed by atoms with Crippen LogP contribution < -0.4 is 5.32 Å². The molecule has 5 rings (SSSR count). The van der Waals surface area contributed by atoms with E-state index in [2.05, 4.69) is 29.6 Å². The highest BCUT2D eigenvalue weighted by Gasteiger charge is 2.34. The molecule has 0 bridgehead atoms. The number of anilines is 1. The summed E-state index contributed by atoms with van der Waals surface area (Å²) < 4.78 is 11.0. The normalized spacial score (nSPS) is 15.4. The number of amides is 3. The van der Waals surface area contributed by atoms with Crippen molar-refractivity contribution in [1.29, 1.82) is 0 Å². The molecular weight excluding hydrogens is 524 g/mol. The second-order valence-electron chi connectivity index (χ2n) is 10.8. The van der Waals surface area contributed by atoms with E-state index in [9.17, 15) is 19.2 Å². The summed E-state index contributed by atoms with van der Waals surface area (Å²) in [6, 6.07) is 23.0. The number of benzene rings is 3. The van der Waals surface area contributed by atoms with Gasteiger partial charge in [0.15, 0.2) is 0 Å². The summed E-state index contributed by atoms with van der Waals surface area (Å²) in [7, 11) is 0. The minimum atomic E-state index is -1.21. The predicted molar refractivity (Wildman–Crippen MR) is 151 cm³/mol. The molecule has 0 saturated carbocycles. The lowest BCUT2D eigenvalue weighted by Crippen LogP contribution is -2.32. The van der Waals surface area contributed by atoms with Crippen molar-refractivity contribution in [2.24, 2.45) is 0 Å². The van der Waals surface area contributed by atoms with Crippen LogP contribution in [0.25, 0.3) is 11.1 Å². The number of carbonyl (C=O) groups is 4. The van der Waals surface area contributed by atoms with Gasteiger partial charge < -0.3 is 9.47 Å². The number of carbonyl (C=O) groups excluding carboxylic acids is 4. The molecule has 1 atom stereocenters. The van der Waals surface area contributed by atoms with Gasteiger partial charge in [0.25, 0.3) is 11.8 Å². The van der Waals surface area contributed by atoms with E-state index in [1.807, 2.05) is 30.3 Å². The minimum absolute atomic E-state index is 0.0334. The summed E-state index contributed by atoms with van der Waals surface area (Å²) in [6.45, 7) is 5.29. The summed E-state index contributed by atoms with van der Waals surface area (Å²) in [4.78, 5) is 54.0. The molecule has 3 aromatic carbocycles. The Bertz CT molecular complexity index is 1480. The van der Waals surface area contributed by atoms with Crippen LogP contribution in [-0.4, -0.2) is 34.7 Å². The van der Waals surface area contributed by atoms with E-state index in [4.69, 9.17) is 14.3 Å². The highest BCUT2D eigenvalue weighted by Crippen LogP contribution is 2.45. The van der Waals surface area contributed by atoms with Crippen molar-refractivity contribution >= 4 is 29.8 Å². The number of allylic oxidation sites excluding steroid dienone is 1. The Balaban J connectivity index is 1.44. The molecule has 1 heterocycles. The summed E-state index contributed by atoms with van der Waals surface area (Å²) in [5.74, 6) is -1.32. The van der Waals surface area contributed by atoms with Gasteiger partial charge in [-0.25, -0.2) is 9.59 Å². The van der Waals surface area contributed by atoms with Crippen LogP contribution in [0.4, 0.5) is 15.3 Å². The van der Waals surface area contributed by atoms with Crippen molar-refractivity contribution in [1.82, 2.24) is 5.06 Å². The molecule has 0 aromatic heterocycles. The van der Waals surface area contributed by atoms with Crippen LogP contribution in [0.2, 0.25) is 0 Å². The van der Waals surface area contributed by atoms with Crippen LogP contribution in [0.1, 0.15) is 62.3 Å². The number of hydrogen-bond donors (Lipinski definition) is 1. The molecule has 1 aliphatic carbocycles. The number of hydroxylamine groups is 2. The van der Waals surface area contributed by atoms with Gasteiger partial charge in [0.1, 0.15) is 11.7 Å². The lowest BCUT2D eigenvalue weighted by Gasteiger charge is -2.20. The second-order valence-corrected chi connectivity index (χ2v) is 10.8. The number of nitrogens with one attached hydrogen (secondary N) is 1. The molecule has 1 aliphatic heterocycles. The molecule has 41 heavy (non-hydrogen) atoms. The van der Waals surface area contributed by atoms with E-state index in [1.54, 1.807) is 51.1 Å². The third-order valence-corrected chi connectivity index (χ3v) is 6.62. The fourth-order valence-corrected chi connectivity index (χ4v) is 4.90. The fourth-order valence-electron chi connectivity index (χ4n) is 4.90. The number of hydrogen-bond acceptors (Lipinski definition) is 7. The van der Waals surface area contributed by atoms with Crippen LogP contribution in [-0.2, 0) is 23.9 Å². The van der Waals surface area contributed by atoms with Gasteiger partial charge in [-0.05, 0) is 66.8 Å². The van der Waals surface area contributed by atoms with E-state index >= 15 is 0 Å². The smallest absolute Gasteiger partial charge is 0.444 e. The van der Waals surface area contributed by atoms with Crippen LogP contribution in [0.3, 0.4) is 0 Å². The number of nitrogens with zero attached hydrogens (tertiary/aromatic N) is 1. The predicted octanol–water partition coefficient (Wildman–Crippen LogP) is 6.66. The third-order valence-electron chi connectivity index (χ3n) is 6.62. The fraction of sp³-hybridized carbons (Fsp3) is 0.250. The summed E-state index contributed by atoms with van der Waals surface area (Å²) in [5.41, 5.74) is 4.74. The zero-order valence-corrected chi connectivity index (χ0v) is 23.0.